The lowest BCUT2D eigenvalue weighted by Gasteiger charge is -2.28. The minimum absolute atomic E-state index is 0.0456. The maximum Gasteiger partial charge on any atom is 0.194 e. The third-order valence-electron chi connectivity index (χ3n) is 4.63. The highest BCUT2D eigenvalue weighted by Gasteiger charge is 2.28. The molecule has 0 amide bonds. The maximum atomic E-state index is 13.2. The Labute approximate surface area is 162 Å². The molecular weight excluding hydrogens is 342 g/mol. The van der Waals surface area contributed by atoms with Gasteiger partial charge in [0.2, 0.25) is 0 Å². The highest BCUT2D eigenvalue weighted by atomic mass is 32.1. The molecule has 3 nitrogen and oxygen atoms in total. The summed E-state index contributed by atoms with van der Waals surface area (Å²) in [5.41, 5.74) is 2.28. The summed E-state index contributed by atoms with van der Waals surface area (Å²) in [5, 5.41) is 11.6. The molecule has 0 aliphatic carbocycles. The Kier molecular flexibility index (Phi) is 5.40. The van der Waals surface area contributed by atoms with Crippen molar-refractivity contribution in [3.8, 4) is 5.75 Å². The van der Waals surface area contributed by atoms with Crippen molar-refractivity contribution in [2.24, 2.45) is 0 Å². The van der Waals surface area contributed by atoms with Gasteiger partial charge in [0.1, 0.15) is 5.75 Å². The molecule has 0 saturated heterocycles. The van der Waals surface area contributed by atoms with Crippen LogP contribution >= 0.6 is 12.6 Å². The summed E-state index contributed by atoms with van der Waals surface area (Å²) in [6.45, 7) is 16.4. The number of nitrogens with zero attached hydrogens (tertiary/aromatic N) is 1. The monoisotopic (exact) mass is 373 g/mol. The second-order valence-electron chi connectivity index (χ2n) is 9.34. The lowest BCUT2D eigenvalue weighted by atomic mass is 9.78. The molecule has 0 unspecified atom stereocenters. The summed E-state index contributed by atoms with van der Waals surface area (Å²) in [6.07, 6.45) is 1.86. The lowest BCUT2D eigenvalue weighted by Crippen LogP contribution is -2.19. The summed E-state index contributed by atoms with van der Waals surface area (Å²) in [7, 11) is 0. The van der Waals surface area contributed by atoms with E-state index in [1.54, 1.807) is 0 Å². The van der Waals surface area contributed by atoms with Crippen LogP contribution in [-0.2, 0) is 10.8 Å². The molecule has 2 rings (SSSR count). The number of aromatic nitrogens is 1. The van der Waals surface area contributed by atoms with Crippen molar-refractivity contribution in [2.75, 3.05) is 0 Å². The first-order valence-electron chi connectivity index (χ1n) is 9.07. The second-order valence-corrected chi connectivity index (χ2v) is 9.80. The SMILES string of the molecule is CC(C)n1cc(C(=O)c2cc(C(C)(C)C)c(O)c(C(C)(C)C)c2)cc1S. The molecule has 0 saturated carbocycles. The molecule has 0 bridgehead atoms. The van der Waals surface area contributed by atoms with E-state index >= 15 is 0 Å². The van der Waals surface area contributed by atoms with E-state index < -0.39 is 0 Å². The van der Waals surface area contributed by atoms with Gasteiger partial charge in [-0.15, -0.1) is 12.6 Å². The van der Waals surface area contributed by atoms with Gasteiger partial charge in [0.25, 0.3) is 0 Å². The van der Waals surface area contributed by atoms with Gasteiger partial charge in [-0.05, 0) is 42.9 Å². The summed E-state index contributed by atoms with van der Waals surface area (Å²) in [5.74, 6) is 0.242. The van der Waals surface area contributed by atoms with Crippen molar-refractivity contribution in [1.82, 2.24) is 4.57 Å². The Bertz CT molecular complexity index is 798. The number of hydrogen-bond acceptors (Lipinski definition) is 3. The second kappa shape index (κ2) is 6.80. The highest BCUT2D eigenvalue weighted by Crippen LogP contribution is 2.40. The molecule has 1 aromatic carbocycles. The zero-order valence-electron chi connectivity index (χ0n) is 17.1. The Morgan fingerprint density at radius 3 is 1.77 bits per heavy atom. The molecule has 0 aliphatic rings. The van der Waals surface area contributed by atoms with E-state index in [4.69, 9.17) is 0 Å². The van der Waals surface area contributed by atoms with E-state index in [9.17, 15) is 9.90 Å². The van der Waals surface area contributed by atoms with Gasteiger partial charge in [0, 0.05) is 34.5 Å². The molecule has 0 radical (unpaired) electrons. The average Bonchev–Trinajstić information content (AvgIpc) is 2.86. The zero-order valence-corrected chi connectivity index (χ0v) is 18.0. The van der Waals surface area contributed by atoms with Crippen LogP contribution in [-0.4, -0.2) is 15.5 Å². The fraction of sp³-hybridized carbons (Fsp3) is 0.500. The van der Waals surface area contributed by atoms with Gasteiger partial charge in [-0.25, -0.2) is 0 Å². The molecule has 1 aromatic heterocycles. The van der Waals surface area contributed by atoms with Crippen LogP contribution < -0.4 is 0 Å². The van der Waals surface area contributed by atoms with Crippen LogP contribution in [0.4, 0.5) is 0 Å². The van der Waals surface area contributed by atoms with Gasteiger partial charge < -0.3 is 9.67 Å². The number of benzene rings is 1. The predicted molar refractivity (Wildman–Crippen MR) is 111 cm³/mol. The Balaban J connectivity index is 2.66. The number of hydrogen-bond donors (Lipinski definition) is 2. The summed E-state index contributed by atoms with van der Waals surface area (Å²) >= 11 is 4.48. The van der Waals surface area contributed by atoms with Crippen LogP contribution in [0.2, 0.25) is 0 Å². The lowest BCUT2D eigenvalue weighted by molar-refractivity contribution is 0.103. The van der Waals surface area contributed by atoms with Crippen molar-refractivity contribution >= 4 is 18.4 Å². The van der Waals surface area contributed by atoms with E-state index in [2.05, 4.69) is 26.5 Å². The van der Waals surface area contributed by atoms with Gasteiger partial charge in [-0.2, -0.15) is 0 Å². The van der Waals surface area contributed by atoms with Gasteiger partial charge in [0.05, 0.1) is 5.03 Å². The van der Waals surface area contributed by atoms with Gasteiger partial charge in [-0.1, -0.05) is 41.5 Å². The topological polar surface area (TPSA) is 42.2 Å². The molecular formula is C22H31NO2S. The van der Waals surface area contributed by atoms with E-state index in [0.29, 0.717) is 11.1 Å². The summed E-state index contributed by atoms with van der Waals surface area (Å²) in [6, 6.07) is 5.71. The molecule has 0 aliphatic heterocycles. The molecule has 2 aromatic rings. The molecule has 1 heterocycles. The fourth-order valence-electron chi connectivity index (χ4n) is 3.08. The minimum Gasteiger partial charge on any atom is -0.507 e. The van der Waals surface area contributed by atoms with Crippen molar-refractivity contribution in [1.29, 1.82) is 0 Å². The molecule has 4 heteroatoms. The minimum atomic E-state index is -0.265. The third kappa shape index (κ3) is 4.01. The number of carbonyl (C=O) groups excluding carboxylic acids is 1. The molecule has 1 N–H and O–H groups in total. The predicted octanol–water partition coefficient (Wildman–Crippen LogP) is 5.89. The van der Waals surface area contributed by atoms with Crippen molar-refractivity contribution in [3.05, 3.63) is 46.6 Å². The first-order valence-corrected chi connectivity index (χ1v) is 9.51. The Morgan fingerprint density at radius 1 is 0.962 bits per heavy atom. The molecule has 0 atom stereocenters. The standard InChI is InChI=1S/C22H31NO2S/c1-13(2)23-12-15(11-18(23)26)19(24)14-9-16(21(3,4)5)20(25)17(10-14)22(6,7)8/h9-13,25-26H,1-8H3. The average molecular weight is 374 g/mol. The van der Waals surface area contributed by atoms with Gasteiger partial charge in [0.15, 0.2) is 5.78 Å². The third-order valence-corrected chi connectivity index (χ3v) is 4.99. The van der Waals surface area contributed by atoms with E-state index in [0.717, 1.165) is 16.2 Å². The van der Waals surface area contributed by atoms with Gasteiger partial charge in [-0.3, -0.25) is 4.79 Å². The molecule has 142 valence electrons. The first kappa shape index (κ1) is 20.6. The van der Waals surface area contributed by atoms with Crippen LogP contribution in [0.25, 0.3) is 0 Å². The Morgan fingerprint density at radius 2 is 1.42 bits per heavy atom. The number of phenolic OH excluding ortho intramolecular Hbond substituents is 1. The first-order chi connectivity index (χ1) is 11.7. The number of ketones is 1. The van der Waals surface area contributed by atoms with Crippen molar-refractivity contribution < 1.29 is 9.90 Å². The largest absolute Gasteiger partial charge is 0.507 e. The zero-order chi connectivity index (χ0) is 20.0. The molecule has 0 spiro atoms. The van der Waals surface area contributed by atoms with Crippen LogP contribution in [0.1, 0.15) is 88.5 Å². The van der Waals surface area contributed by atoms with E-state index in [1.165, 1.54) is 0 Å². The molecule has 26 heavy (non-hydrogen) atoms. The summed E-state index contributed by atoms with van der Waals surface area (Å²) < 4.78 is 1.98. The van der Waals surface area contributed by atoms with Crippen LogP contribution in [0.5, 0.6) is 5.75 Å². The van der Waals surface area contributed by atoms with Crippen LogP contribution in [0, 0.1) is 0 Å². The van der Waals surface area contributed by atoms with Crippen molar-refractivity contribution in [3.63, 3.8) is 0 Å². The Hall–Kier alpha value is -1.68. The van der Waals surface area contributed by atoms with E-state index in [-0.39, 0.29) is 28.4 Å². The number of carbonyl (C=O) groups is 1. The van der Waals surface area contributed by atoms with Crippen molar-refractivity contribution in [2.45, 2.75) is 77.3 Å². The number of thiol groups is 1. The highest BCUT2D eigenvalue weighted by molar-refractivity contribution is 7.80. The van der Waals surface area contributed by atoms with Gasteiger partial charge >= 0.3 is 0 Å². The molecule has 0 fully saturated rings. The van der Waals surface area contributed by atoms with Crippen LogP contribution in [0.15, 0.2) is 29.4 Å². The maximum absolute atomic E-state index is 13.2. The number of rotatable bonds is 3. The fourth-order valence-corrected chi connectivity index (χ4v) is 3.51. The number of aromatic hydroxyl groups is 1. The summed E-state index contributed by atoms with van der Waals surface area (Å²) in [4.78, 5) is 13.2. The quantitative estimate of drug-likeness (QED) is 0.520. The van der Waals surface area contributed by atoms with Crippen LogP contribution in [0.3, 0.4) is 0 Å². The number of phenols is 1. The van der Waals surface area contributed by atoms with E-state index in [1.807, 2.05) is 70.5 Å². The normalized spacial score (nSPS) is 12.7. The smallest absolute Gasteiger partial charge is 0.194 e.